The average Bonchev–Trinajstić information content (AvgIpc) is 2.42. The number of rotatable bonds is 5. The summed E-state index contributed by atoms with van der Waals surface area (Å²) >= 11 is 5.85. The molecule has 0 amide bonds. The van der Waals surface area contributed by atoms with Gasteiger partial charge in [-0.3, -0.25) is 4.90 Å². The maximum Gasteiger partial charge on any atom is 0.129 e. The number of nitrogens with one attached hydrogen (secondary N) is 1. The maximum absolute atomic E-state index is 14.2. The van der Waals surface area contributed by atoms with Gasteiger partial charge in [0.2, 0.25) is 0 Å². The number of nitrogens with zero attached hydrogens (tertiary/aromatic N) is 1. The Morgan fingerprint density at radius 3 is 2.74 bits per heavy atom. The summed E-state index contributed by atoms with van der Waals surface area (Å²) in [6.07, 6.45) is 3.27. The van der Waals surface area contributed by atoms with Crippen molar-refractivity contribution in [3.8, 4) is 0 Å². The summed E-state index contributed by atoms with van der Waals surface area (Å²) in [5, 5.41) is 3.81. The van der Waals surface area contributed by atoms with Crippen LogP contribution in [0, 0.1) is 5.82 Å². The molecule has 0 saturated carbocycles. The van der Waals surface area contributed by atoms with Crippen molar-refractivity contribution in [3.63, 3.8) is 0 Å². The van der Waals surface area contributed by atoms with Crippen molar-refractivity contribution in [1.29, 1.82) is 0 Å². The smallest absolute Gasteiger partial charge is 0.129 e. The minimum Gasteiger partial charge on any atom is -0.314 e. The Morgan fingerprint density at radius 2 is 2.11 bits per heavy atom. The normalized spacial score (nSPS) is 18.5. The van der Waals surface area contributed by atoms with Crippen LogP contribution in [0.5, 0.6) is 0 Å². The fraction of sp³-hybridized carbons (Fsp3) is 0.600. The largest absolute Gasteiger partial charge is 0.314 e. The summed E-state index contributed by atoms with van der Waals surface area (Å²) in [5.74, 6) is -0.174. The molecule has 0 bridgehead atoms. The molecule has 1 aromatic carbocycles. The molecule has 0 spiro atoms. The molecule has 1 aromatic rings. The lowest BCUT2D eigenvalue weighted by molar-refractivity contribution is 0.160. The van der Waals surface area contributed by atoms with Crippen molar-refractivity contribution in [2.75, 3.05) is 26.2 Å². The lowest BCUT2D eigenvalue weighted by Crippen LogP contribution is -2.45. The van der Waals surface area contributed by atoms with Crippen LogP contribution in [0.1, 0.15) is 37.8 Å². The second kappa shape index (κ2) is 7.22. The highest BCUT2D eigenvalue weighted by Crippen LogP contribution is 2.30. The van der Waals surface area contributed by atoms with E-state index in [9.17, 15) is 4.39 Å². The standard InChI is InChI=1S/C15H22ClFN2/c1-2-3-4-15(19-9-7-18-8-10-19)13-6-5-12(16)11-14(13)17/h5-6,11,15,18H,2-4,7-10H2,1H3/t15-/m1/s1. The predicted octanol–water partition coefficient (Wildman–Crippen LogP) is 3.62. The Morgan fingerprint density at radius 1 is 1.37 bits per heavy atom. The Bertz CT molecular complexity index is 405. The van der Waals surface area contributed by atoms with Crippen molar-refractivity contribution < 1.29 is 4.39 Å². The van der Waals surface area contributed by atoms with Crippen LogP contribution in [-0.2, 0) is 0 Å². The molecule has 1 aliphatic rings. The Kier molecular flexibility index (Phi) is 5.61. The molecular weight excluding hydrogens is 263 g/mol. The molecule has 1 heterocycles. The molecule has 2 rings (SSSR count). The van der Waals surface area contributed by atoms with Crippen molar-refractivity contribution in [2.24, 2.45) is 0 Å². The van der Waals surface area contributed by atoms with Crippen LogP contribution in [0.25, 0.3) is 0 Å². The van der Waals surface area contributed by atoms with Crippen LogP contribution in [0.15, 0.2) is 18.2 Å². The van der Waals surface area contributed by atoms with Gasteiger partial charge in [0.05, 0.1) is 0 Å². The summed E-state index contributed by atoms with van der Waals surface area (Å²) < 4.78 is 14.2. The molecule has 4 heteroatoms. The average molecular weight is 285 g/mol. The van der Waals surface area contributed by atoms with Crippen LogP contribution in [0.2, 0.25) is 5.02 Å². The highest BCUT2D eigenvalue weighted by atomic mass is 35.5. The molecule has 1 aliphatic heterocycles. The van der Waals surface area contributed by atoms with Crippen LogP contribution >= 0.6 is 11.6 Å². The van der Waals surface area contributed by atoms with E-state index in [4.69, 9.17) is 11.6 Å². The second-order valence-electron chi connectivity index (χ2n) is 5.11. The van der Waals surface area contributed by atoms with E-state index in [-0.39, 0.29) is 11.9 Å². The Labute approximate surface area is 119 Å². The van der Waals surface area contributed by atoms with Crippen LogP contribution < -0.4 is 5.32 Å². The predicted molar refractivity (Wildman–Crippen MR) is 78.1 cm³/mol. The van der Waals surface area contributed by atoms with Gasteiger partial charge in [-0.15, -0.1) is 0 Å². The van der Waals surface area contributed by atoms with E-state index in [2.05, 4.69) is 17.1 Å². The van der Waals surface area contributed by atoms with Gasteiger partial charge in [0.1, 0.15) is 5.82 Å². The van der Waals surface area contributed by atoms with E-state index in [0.29, 0.717) is 5.02 Å². The van der Waals surface area contributed by atoms with Crippen molar-refractivity contribution >= 4 is 11.6 Å². The number of piperazine rings is 1. The zero-order chi connectivity index (χ0) is 13.7. The van der Waals surface area contributed by atoms with Gasteiger partial charge < -0.3 is 5.32 Å². The van der Waals surface area contributed by atoms with Crippen LogP contribution in [0.3, 0.4) is 0 Å². The van der Waals surface area contributed by atoms with Gasteiger partial charge in [-0.05, 0) is 18.6 Å². The zero-order valence-electron chi connectivity index (χ0n) is 11.5. The zero-order valence-corrected chi connectivity index (χ0v) is 12.2. The first-order valence-electron chi connectivity index (χ1n) is 7.12. The maximum atomic E-state index is 14.2. The van der Waals surface area contributed by atoms with E-state index in [1.54, 1.807) is 6.07 Å². The fourth-order valence-corrected chi connectivity index (χ4v) is 2.86. The molecule has 1 N–H and O–H groups in total. The summed E-state index contributed by atoms with van der Waals surface area (Å²) in [6.45, 7) is 6.11. The summed E-state index contributed by atoms with van der Waals surface area (Å²) in [6, 6.07) is 5.25. The van der Waals surface area contributed by atoms with Crippen molar-refractivity contribution in [2.45, 2.75) is 32.2 Å². The summed E-state index contributed by atoms with van der Waals surface area (Å²) in [7, 11) is 0. The quantitative estimate of drug-likeness (QED) is 0.888. The number of halogens is 2. The SMILES string of the molecule is CCCC[C@H](c1ccc(Cl)cc1F)N1CCNCC1. The molecule has 0 aliphatic carbocycles. The fourth-order valence-electron chi connectivity index (χ4n) is 2.70. The van der Waals surface area contributed by atoms with E-state index in [1.807, 2.05) is 6.07 Å². The second-order valence-corrected chi connectivity index (χ2v) is 5.55. The molecule has 2 nitrogen and oxygen atoms in total. The van der Waals surface area contributed by atoms with Crippen LogP contribution in [0.4, 0.5) is 4.39 Å². The lowest BCUT2D eigenvalue weighted by Gasteiger charge is -2.35. The number of unbranched alkanes of at least 4 members (excludes halogenated alkanes) is 1. The molecule has 1 fully saturated rings. The van der Waals surface area contributed by atoms with E-state index >= 15 is 0 Å². The van der Waals surface area contributed by atoms with Gasteiger partial charge in [0.25, 0.3) is 0 Å². The number of benzene rings is 1. The third-order valence-corrected chi connectivity index (χ3v) is 3.98. The van der Waals surface area contributed by atoms with Gasteiger partial charge in [-0.2, -0.15) is 0 Å². The topological polar surface area (TPSA) is 15.3 Å². The first kappa shape index (κ1) is 14.8. The van der Waals surface area contributed by atoms with E-state index in [1.165, 1.54) is 6.07 Å². The molecule has 1 saturated heterocycles. The van der Waals surface area contributed by atoms with E-state index in [0.717, 1.165) is 51.0 Å². The van der Waals surface area contributed by atoms with Gasteiger partial charge >= 0.3 is 0 Å². The lowest BCUT2D eigenvalue weighted by atomic mass is 9.98. The third-order valence-electron chi connectivity index (χ3n) is 3.74. The number of hydrogen-bond acceptors (Lipinski definition) is 2. The molecular formula is C15H22ClFN2. The molecule has 0 radical (unpaired) electrons. The first-order valence-corrected chi connectivity index (χ1v) is 7.50. The molecule has 1 atom stereocenters. The van der Waals surface area contributed by atoms with Gasteiger partial charge in [-0.25, -0.2) is 4.39 Å². The number of hydrogen-bond donors (Lipinski definition) is 1. The summed E-state index contributed by atoms with van der Waals surface area (Å²) in [4.78, 5) is 2.39. The molecule has 0 unspecified atom stereocenters. The minimum atomic E-state index is -0.174. The minimum absolute atomic E-state index is 0.174. The van der Waals surface area contributed by atoms with Gasteiger partial charge in [-0.1, -0.05) is 37.4 Å². The summed E-state index contributed by atoms with van der Waals surface area (Å²) in [5.41, 5.74) is 0.791. The highest BCUT2D eigenvalue weighted by molar-refractivity contribution is 6.30. The molecule has 106 valence electrons. The highest BCUT2D eigenvalue weighted by Gasteiger charge is 2.24. The van der Waals surface area contributed by atoms with Gasteiger partial charge in [0, 0.05) is 42.8 Å². The van der Waals surface area contributed by atoms with Crippen LogP contribution in [-0.4, -0.2) is 31.1 Å². The molecule has 0 aromatic heterocycles. The van der Waals surface area contributed by atoms with Gasteiger partial charge in [0.15, 0.2) is 0 Å². The molecule has 19 heavy (non-hydrogen) atoms. The Hall–Kier alpha value is -0.640. The van der Waals surface area contributed by atoms with Crippen molar-refractivity contribution in [3.05, 3.63) is 34.6 Å². The first-order chi connectivity index (χ1) is 9.22. The monoisotopic (exact) mass is 284 g/mol. The van der Waals surface area contributed by atoms with Crippen molar-refractivity contribution in [1.82, 2.24) is 10.2 Å². The van der Waals surface area contributed by atoms with E-state index < -0.39 is 0 Å². The Balaban J connectivity index is 2.19. The third kappa shape index (κ3) is 3.91.